The van der Waals surface area contributed by atoms with Crippen molar-refractivity contribution in [1.82, 2.24) is 0 Å². The van der Waals surface area contributed by atoms with E-state index in [0.717, 1.165) is 31.4 Å². The lowest BCUT2D eigenvalue weighted by molar-refractivity contribution is 0.259. The summed E-state index contributed by atoms with van der Waals surface area (Å²) < 4.78 is 0. The first-order valence-electron chi connectivity index (χ1n) is 7.11. The van der Waals surface area contributed by atoms with E-state index < -0.39 is 6.03 Å². The average molecular weight is 256 g/mol. The predicted octanol–water partition coefficient (Wildman–Crippen LogP) is 3.19. The maximum atomic E-state index is 11.3. The summed E-state index contributed by atoms with van der Waals surface area (Å²) >= 11 is 0. The molecule has 3 N–H and O–H groups in total. The molecule has 0 radical (unpaired) electrons. The fourth-order valence-electron chi connectivity index (χ4n) is 3.64. The standard InChI is InChI=1S/C16H20N2O/c1-2-5-10-11-6-3-8-13(11)15(18-16(17)19)14-9-4-7-12(10)14/h2,5H,3-4,6-9H2,1H3,(H3,17,18,19)/b5-2+. The zero-order valence-electron chi connectivity index (χ0n) is 11.4. The van der Waals surface area contributed by atoms with Crippen LogP contribution in [0.2, 0.25) is 0 Å². The molecule has 0 unspecified atom stereocenters. The second kappa shape index (κ2) is 4.72. The van der Waals surface area contributed by atoms with Crippen molar-refractivity contribution in [2.45, 2.75) is 45.4 Å². The molecule has 2 aliphatic rings. The van der Waals surface area contributed by atoms with Crippen molar-refractivity contribution in [3.63, 3.8) is 0 Å². The molecule has 0 fully saturated rings. The zero-order chi connectivity index (χ0) is 13.4. The summed E-state index contributed by atoms with van der Waals surface area (Å²) in [6.45, 7) is 2.07. The van der Waals surface area contributed by atoms with Crippen LogP contribution in [0.25, 0.3) is 6.08 Å². The van der Waals surface area contributed by atoms with Crippen LogP contribution in [0, 0.1) is 0 Å². The molecule has 19 heavy (non-hydrogen) atoms. The zero-order valence-corrected chi connectivity index (χ0v) is 11.4. The summed E-state index contributed by atoms with van der Waals surface area (Å²) in [4.78, 5) is 11.3. The van der Waals surface area contributed by atoms with Crippen LogP contribution in [-0.2, 0) is 25.7 Å². The number of hydrogen-bond acceptors (Lipinski definition) is 1. The molecule has 0 atom stereocenters. The number of amides is 2. The molecule has 2 amide bonds. The van der Waals surface area contributed by atoms with E-state index in [4.69, 9.17) is 5.73 Å². The number of primary amides is 1. The molecule has 0 saturated heterocycles. The van der Waals surface area contributed by atoms with Gasteiger partial charge in [0.1, 0.15) is 0 Å². The number of urea groups is 1. The Morgan fingerprint density at radius 2 is 1.58 bits per heavy atom. The third-order valence-electron chi connectivity index (χ3n) is 4.27. The molecule has 3 nitrogen and oxygen atoms in total. The summed E-state index contributed by atoms with van der Waals surface area (Å²) in [5.74, 6) is 0. The topological polar surface area (TPSA) is 55.1 Å². The van der Waals surface area contributed by atoms with E-state index in [9.17, 15) is 4.79 Å². The molecule has 1 aromatic rings. The quantitative estimate of drug-likeness (QED) is 0.839. The summed E-state index contributed by atoms with van der Waals surface area (Å²) in [7, 11) is 0. The van der Waals surface area contributed by atoms with Gasteiger partial charge in [0.25, 0.3) is 0 Å². The number of rotatable bonds is 2. The highest BCUT2D eigenvalue weighted by molar-refractivity contribution is 5.91. The number of allylic oxidation sites excluding steroid dienone is 1. The van der Waals surface area contributed by atoms with Crippen molar-refractivity contribution >= 4 is 17.8 Å². The van der Waals surface area contributed by atoms with Gasteiger partial charge in [-0.25, -0.2) is 4.79 Å². The minimum absolute atomic E-state index is 0.443. The number of anilines is 1. The number of nitrogens with one attached hydrogen (secondary N) is 1. The van der Waals surface area contributed by atoms with Gasteiger partial charge in [0, 0.05) is 5.69 Å². The lowest BCUT2D eigenvalue weighted by Crippen LogP contribution is -2.21. The van der Waals surface area contributed by atoms with Crippen LogP contribution in [-0.4, -0.2) is 6.03 Å². The van der Waals surface area contributed by atoms with E-state index in [1.165, 1.54) is 40.7 Å². The minimum Gasteiger partial charge on any atom is -0.351 e. The van der Waals surface area contributed by atoms with Crippen LogP contribution >= 0.6 is 0 Å². The highest BCUT2D eigenvalue weighted by atomic mass is 16.2. The molecule has 0 bridgehead atoms. The summed E-state index contributed by atoms with van der Waals surface area (Å²) in [6.07, 6.45) is 11.1. The van der Waals surface area contributed by atoms with Gasteiger partial charge in [-0.1, -0.05) is 12.2 Å². The summed E-state index contributed by atoms with van der Waals surface area (Å²) in [5, 5.41) is 2.89. The fourth-order valence-corrected chi connectivity index (χ4v) is 3.64. The number of hydrogen-bond donors (Lipinski definition) is 2. The van der Waals surface area contributed by atoms with Gasteiger partial charge in [-0.3, -0.25) is 0 Å². The Labute approximate surface area is 113 Å². The SMILES string of the molecule is C/C=C/c1c2c(c(NC(N)=O)c3c1CCC3)CCC2. The highest BCUT2D eigenvalue weighted by Gasteiger charge is 2.27. The van der Waals surface area contributed by atoms with E-state index >= 15 is 0 Å². The Morgan fingerprint density at radius 1 is 1.05 bits per heavy atom. The van der Waals surface area contributed by atoms with Gasteiger partial charge in [0.2, 0.25) is 0 Å². The maximum absolute atomic E-state index is 11.3. The normalized spacial score (nSPS) is 16.7. The smallest absolute Gasteiger partial charge is 0.316 e. The van der Waals surface area contributed by atoms with Crippen LogP contribution in [0.3, 0.4) is 0 Å². The molecule has 0 aliphatic heterocycles. The number of carbonyl (C=O) groups excluding carboxylic acids is 1. The van der Waals surface area contributed by atoms with Gasteiger partial charge in [0.05, 0.1) is 0 Å². The monoisotopic (exact) mass is 256 g/mol. The van der Waals surface area contributed by atoms with Crippen molar-refractivity contribution in [3.05, 3.63) is 33.9 Å². The number of fused-ring (bicyclic) bond motifs is 2. The van der Waals surface area contributed by atoms with Crippen molar-refractivity contribution in [2.24, 2.45) is 5.73 Å². The van der Waals surface area contributed by atoms with Gasteiger partial charge in [0.15, 0.2) is 0 Å². The molecule has 2 aliphatic carbocycles. The van der Waals surface area contributed by atoms with Crippen LogP contribution in [0.15, 0.2) is 6.08 Å². The first kappa shape index (κ1) is 12.3. The Kier molecular flexibility index (Phi) is 3.05. The molecule has 0 spiro atoms. The Morgan fingerprint density at radius 3 is 2.05 bits per heavy atom. The average Bonchev–Trinajstić information content (AvgIpc) is 3.01. The van der Waals surface area contributed by atoms with Gasteiger partial charge in [-0.05, 0) is 73.3 Å². The Hall–Kier alpha value is -1.77. The molecule has 3 rings (SSSR count). The van der Waals surface area contributed by atoms with Gasteiger partial charge >= 0.3 is 6.03 Å². The van der Waals surface area contributed by atoms with Crippen LogP contribution in [0.5, 0.6) is 0 Å². The third-order valence-corrected chi connectivity index (χ3v) is 4.27. The minimum atomic E-state index is -0.443. The lowest BCUT2D eigenvalue weighted by atomic mass is 9.91. The first-order valence-corrected chi connectivity index (χ1v) is 7.11. The molecule has 100 valence electrons. The highest BCUT2D eigenvalue weighted by Crippen LogP contribution is 2.42. The lowest BCUT2D eigenvalue weighted by Gasteiger charge is -2.18. The van der Waals surface area contributed by atoms with E-state index in [1.54, 1.807) is 0 Å². The second-order valence-electron chi connectivity index (χ2n) is 5.40. The molecular formula is C16H20N2O. The van der Waals surface area contributed by atoms with Gasteiger partial charge in [-0.2, -0.15) is 0 Å². The van der Waals surface area contributed by atoms with Crippen molar-refractivity contribution in [2.75, 3.05) is 5.32 Å². The van der Waals surface area contributed by atoms with Crippen LogP contribution < -0.4 is 11.1 Å². The van der Waals surface area contributed by atoms with Crippen molar-refractivity contribution in [3.8, 4) is 0 Å². The van der Waals surface area contributed by atoms with Crippen molar-refractivity contribution in [1.29, 1.82) is 0 Å². The molecule has 0 saturated carbocycles. The largest absolute Gasteiger partial charge is 0.351 e. The first-order chi connectivity index (χ1) is 9.22. The van der Waals surface area contributed by atoms with E-state index in [1.807, 2.05) is 0 Å². The third kappa shape index (κ3) is 1.93. The molecular weight excluding hydrogens is 236 g/mol. The fraction of sp³-hybridized carbons (Fsp3) is 0.438. The van der Waals surface area contributed by atoms with E-state index in [-0.39, 0.29) is 0 Å². The number of carbonyl (C=O) groups is 1. The second-order valence-corrected chi connectivity index (χ2v) is 5.40. The maximum Gasteiger partial charge on any atom is 0.316 e. The predicted molar refractivity (Wildman–Crippen MR) is 78.4 cm³/mol. The number of nitrogens with two attached hydrogens (primary N) is 1. The molecule has 1 aromatic carbocycles. The summed E-state index contributed by atoms with van der Waals surface area (Å²) in [5.41, 5.74) is 13.3. The van der Waals surface area contributed by atoms with Gasteiger partial charge in [-0.15, -0.1) is 0 Å². The molecule has 0 heterocycles. The Bertz CT molecular complexity index is 538. The molecule has 0 aromatic heterocycles. The number of benzene rings is 1. The van der Waals surface area contributed by atoms with Crippen molar-refractivity contribution < 1.29 is 4.79 Å². The van der Waals surface area contributed by atoms with Gasteiger partial charge < -0.3 is 11.1 Å². The Balaban J connectivity index is 2.24. The summed E-state index contributed by atoms with van der Waals surface area (Å²) in [6, 6.07) is -0.443. The van der Waals surface area contributed by atoms with E-state index in [0.29, 0.717) is 0 Å². The molecule has 3 heteroatoms. The van der Waals surface area contributed by atoms with E-state index in [2.05, 4.69) is 24.4 Å². The van der Waals surface area contributed by atoms with Crippen LogP contribution in [0.1, 0.15) is 47.6 Å². The van der Waals surface area contributed by atoms with Crippen LogP contribution in [0.4, 0.5) is 10.5 Å².